The van der Waals surface area contributed by atoms with Gasteiger partial charge >= 0.3 is 0 Å². The molecule has 0 aliphatic rings. The third-order valence-electron chi connectivity index (χ3n) is 5.30. The molecule has 0 saturated carbocycles. The van der Waals surface area contributed by atoms with Gasteiger partial charge in [0.05, 0.1) is 34.0 Å². The predicted octanol–water partition coefficient (Wildman–Crippen LogP) is 6.06. The first kappa shape index (κ1) is 20.7. The van der Waals surface area contributed by atoms with E-state index >= 15 is 0 Å². The molecule has 5 nitrogen and oxygen atoms in total. The Morgan fingerprint density at radius 1 is 1.30 bits per heavy atom. The second-order valence-corrected chi connectivity index (χ2v) is 9.06. The number of hydrogen-bond acceptors (Lipinski definition) is 4. The van der Waals surface area contributed by atoms with E-state index in [4.69, 9.17) is 22.3 Å². The van der Waals surface area contributed by atoms with E-state index in [1.807, 2.05) is 12.1 Å². The molecule has 0 spiro atoms. The van der Waals surface area contributed by atoms with Crippen LogP contribution in [0.1, 0.15) is 24.0 Å². The van der Waals surface area contributed by atoms with E-state index in [0.717, 1.165) is 28.4 Å². The van der Waals surface area contributed by atoms with Gasteiger partial charge in [-0.25, -0.2) is 4.98 Å². The van der Waals surface area contributed by atoms with Crippen LogP contribution in [-0.4, -0.2) is 25.0 Å². The molecular formula is C23H25ClN4OS. The average molecular weight is 441 g/mol. The molecule has 0 saturated heterocycles. The Labute approximate surface area is 185 Å². The van der Waals surface area contributed by atoms with Crippen molar-refractivity contribution in [1.29, 1.82) is 0 Å². The normalized spacial score (nSPS) is 11.6. The van der Waals surface area contributed by atoms with E-state index in [2.05, 4.69) is 54.1 Å². The number of anilines is 1. The van der Waals surface area contributed by atoms with Gasteiger partial charge in [-0.2, -0.15) is 0 Å². The molecule has 0 unspecified atom stereocenters. The van der Waals surface area contributed by atoms with Crippen molar-refractivity contribution in [2.45, 2.75) is 31.5 Å². The molecule has 0 aliphatic carbocycles. The molecule has 0 amide bonds. The minimum Gasteiger partial charge on any atom is -0.513 e. The lowest BCUT2D eigenvalue weighted by Gasteiger charge is -2.10. The van der Waals surface area contributed by atoms with Crippen LogP contribution in [0.5, 0.6) is 0 Å². The van der Waals surface area contributed by atoms with Crippen LogP contribution in [0.4, 0.5) is 5.69 Å². The predicted molar refractivity (Wildman–Crippen MR) is 128 cm³/mol. The third-order valence-corrected chi connectivity index (χ3v) is 6.69. The number of aryl methyl sites for hydroxylation is 2. The fourth-order valence-corrected chi connectivity index (χ4v) is 4.98. The molecule has 7 heteroatoms. The molecule has 2 aromatic heterocycles. The van der Waals surface area contributed by atoms with Gasteiger partial charge in [-0.3, -0.25) is 0 Å². The third kappa shape index (κ3) is 3.89. The first-order valence-electron chi connectivity index (χ1n) is 9.83. The first-order valence-corrected chi connectivity index (χ1v) is 11.2. The number of halogens is 1. The van der Waals surface area contributed by atoms with Gasteiger partial charge in [0.1, 0.15) is 0 Å². The fraction of sp³-hybridized carbons (Fsp3) is 0.261. The average Bonchev–Trinajstić information content (AvgIpc) is 3.18. The number of nitrogen functional groups attached to an aromatic ring is 1. The summed E-state index contributed by atoms with van der Waals surface area (Å²) in [4.78, 5) is 4.83. The van der Waals surface area contributed by atoms with Crippen LogP contribution in [0.15, 0.2) is 54.0 Å². The minimum absolute atomic E-state index is 0.217. The van der Waals surface area contributed by atoms with Crippen molar-refractivity contribution >= 4 is 51.0 Å². The smallest absolute Gasteiger partial charge is 0.169 e. The van der Waals surface area contributed by atoms with E-state index in [1.165, 1.54) is 22.0 Å². The van der Waals surface area contributed by atoms with Crippen molar-refractivity contribution in [1.82, 2.24) is 14.1 Å². The zero-order valence-electron chi connectivity index (χ0n) is 17.2. The SMILES string of the molecule is C=C(O)CCCSc1nc2cc(N)c(Cl)cc2n1Cc1cn(C)c2cccc(C)c12. The maximum atomic E-state index is 9.35. The van der Waals surface area contributed by atoms with Crippen LogP contribution in [0.2, 0.25) is 5.02 Å². The van der Waals surface area contributed by atoms with Crippen molar-refractivity contribution in [3.05, 3.63) is 65.0 Å². The molecule has 156 valence electrons. The Morgan fingerprint density at radius 3 is 2.87 bits per heavy atom. The number of nitrogens with two attached hydrogens (primary N) is 1. The van der Waals surface area contributed by atoms with Crippen LogP contribution in [0.25, 0.3) is 21.9 Å². The highest BCUT2D eigenvalue weighted by molar-refractivity contribution is 7.99. The van der Waals surface area contributed by atoms with E-state index in [1.54, 1.807) is 11.8 Å². The monoisotopic (exact) mass is 440 g/mol. The fourth-order valence-electron chi connectivity index (χ4n) is 3.86. The number of thioether (sulfide) groups is 1. The molecule has 0 atom stereocenters. The maximum absolute atomic E-state index is 9.35. The zero-order valence-corrected chi connectivity index (χ0v) is 18.7. The minimum atomic E-state index is 0.217. The quantitative estimate of drug-likeness (QED) is 0.158. The molecule has 30 heavy (non-hydrogen) atoms. The Hall–Kier alpha value is -2.57. The van der Waals surface area contributed by atoms with Gasteiger partial charge in [0, 0.05) is 36.3 Å². The van der Waals surface area contributed by atoms with Gasteiger partial charge in [0.2, 0.25) is 0 Å². The highest BCUT2D eigenvalue weighted by Crippen LogP contribution is 2.33. The second-order valence-electron chi connectivity index (χ2n) is 7.60. The summed E-state index contributed by atoms with van der Waals surface area (Å²) >= 11 is 8.01. The van der Waals surface area contributed by atoms with Crippen molar-refractivity contribution < 1.29 is 5.11 Å². The van der Waals surface area contributed by atoms with E-state index in [0.29, 0.717) is 23.7 Å². The lowest BCUT2D eigenvalue weighted by Crippen LogP contribution is -2.02. The van der Waals surface area contributed by atoms with Crippen molar-refractivity contribution in [2.75, 3.05) is 11.5 Å². The van der Waals surface area contributed by atoms with E-state index in [-0.39, 0.29) is 5.76 Å². The molecule has 0 bridgehead atoms. The van der Waals surface area contributed by atoms with Gasteiger partial charge in [-0.05, 0) is 42.7 Å². The van der Waals surface area contributed by atoms with Crippen LogP contribution in [0.3, 0.4) is 0 Å². The number of aromatic nitrogens is 3. The number of aliphatic hydroxyl groups excluding tert-OH is 1. The van der Waals surface area contributed by atoms with Crippen molar-refractivity contribution in [2.24, 2.45) is 7.05 Å². The first-order chi connectivity index (χ1) is 14.3. The summed E-state index contributed by atoms with van der Waals surface area (Å²) in [5.41, 5.74) is 12.1. The van der Waals surface area contributed by atoms with Gasteiger partial charge < -0.3 is 20.0 Å². The summed E-state index contributed by atoms with van der Waals surface area (Å²) in [6, 6.07) is 10.1. The van der Waals surface area contributed by atoms with Crippen LogP contribution in [-0.2, 0) is 13.6 Å². The molecular weight excluding hydrogens is 416 g/mol. The number of imidazole rings is 1. The lowest BCUT2D eigenvalue weighted by atomic mass is 10.1. The Balaban J connectivity index is 1.77. The number of rotatable bonds is 7. The molecule has 0 aliphatic heterocycles. The van der Waals surface area contributed by atoms with Gasteiger partial charge in [0.25, 0.3) is 0 Å². The van der Waals surface area contributed by atoms with Gasteiger partial charge in [-0.1, -0.05) is 42.1 Å². The summed E-state index contributed by atoms with van der Waals surface area (Å²) < 4.78 is 4.38. The summed E-state index contributed by atoms with van der Waals surface area (Å²) in [6.07, 6.45) is 3.61. The van der Waals surface area contributed by atoms with Gasteiger partial charge in [0.15, 0.2) is 5.16 Å². The van der Waals surface area contributed by atoms with Crippen molar-refractivity contribution in [3.63, 3.8) is 0 Å². The zero-order chi connectivity index (χ0) is 21.4. The summed E-state index contributed by atoms with van der Waals surface area (Å²) in [5.74, 6) is 1.05. The summed E-state index contributed by atoms with van der Waals surface area (Å²) in [5, 5.41) is 12.1. The molecule has 4 aromatic rings. The number of fused-ring (bicyclic) bond motifs is 2. The molecule has 4 rings (SSSR count). The van der Waals surface area contributed by atoms with Crippen molar-refractivity contribution in [3.8, 4) is 0 Å². The number of nitrogens with zero attached hydrogens (tertiary/aromatic N) is 3. The second kappa shape index (κ2) is 8.28. The standard InChI is InChI=1S/C23H25ClN4OS/c1-14-6-4-8-20-22(14)16(12-27(20)3)13-28-21-10-17(24)18(25)11-19(21)26-23(28)30-9-5-7-15(2)29/h4,6,8,10-12,29H,2,5,7,9,13,25H2,1,3H3. The summed E-state index contributed by atoms with van der Waals surface area (Å²) in [7, 11) is 2.08. The van der Waals surface area contributed by atoms with Crippen LogP contribution in [0, 0.1) is 6.92 Å². The Kier molecular flexibility index (Phi) is 5.71. The Bertz CT molecular complexity index is 1260. The highest BCUT2D eigenvalue weighted by Gasteiger charge is 2.17. The summed E-state index contributed by atoms with van der Waals surface area (Å²) in [6.45, 7) is 6.40. The molecule has 3 N–H and O–H groups in total. The highest BCUT2D eigenvalue weighted by atomic mass is 35.5. The number of hydrogen-bond donors (Lipinski definition) is 2. The van der Waals surface area contributed by atoms with E-state index < -0.39 is 0 Å². The molecule has 0 fully saturated rings. The number of benzene rings is 2. The molecule has 0 radical (unpaired) electrons. The molecule has 2 heterocycles. The van der Waals surface area contributed by atoms with Gasteiger partial charge in [-0.15, -0.1) is 0 Å². The lowest BCUT2D eigenvalue weighted by molar-refractivity contribution is 0.390. The largest absolute Gasteiger partial charge is 0.513 e. The topological polar surface area (TPSA) is 69.0 Å². The molecule has 2 aromatic carbocycles. The number of aliphatic hydroxyl groups is 1. The van der Waals surface area contributed by atoms with Crippen LogP contribution >= 0.6 is 23.4 Å². The number of allylic oxidation sites excluding steroid dienone is 1. The maximum Gasteiger partial charge on any atom is 0.169 e. The Morgan fingerprint density at radius 2 is 2.10 bits per heavy atom. The van der Waals surface area contributed by atoms with E-state index in [9.17, 15) is 5.11 Å². The van der Waals surface area contributed by atoms with Crippen LogP contribution < -0.4 is 5.73 Å².